The molecule has 2 heterocycles. The molecule has 18 nitrogen and oxygen atoms in total. The molecule has 1 radical (unpaired) electrons. The van der Waals surface area contributed by atoms with Crippen molar-refractivity contribution in [2.75, 3.05) is 19.6 Å². The number of nitrogens with one attached hydrogen (secondary N) is 6. The van der Waals surface area contributed by atoms with E-state index in [-0.39, 0.29) is 49.4 Å². The number of H-pyrrole nitrogens is 1. The number of hydrogen-bond acceptors (Lipinski definition) is 10. The zero-order chi connectivity index (χ0) is 41.4. The molecule has 1 aromatic carbocycles. The molecule has 0 saturated carbocycles. The second-order valence-electron chi connectivity index (χ2n) is 14.7. The maximum atomic E-state index is 14.2. The zero-order valence-corrected chi connectivity index (χ0v) is 33.8. The van der Waals surface area contributed by atoms with Crippen LogP contribution in [0.2, 0.25) is 0 Å². The van der Waals surface area contributed by atoms with Gasteiger partial charge in [0, 0.05) is 48.3 Å². The molecule has 2 aromatic rings. The third-order valence-electron chi connectivity index (χ3n) is 9.61. The first-order chi connectivity index (χ1) is 26.7. The number of aromatic amines is 1. The van der Waals surface area contributed by atoms with Gasteiger partial charge in [-0.15, -0.1) is 0 Å². The van der Waals surface area contributed by atoms with Crippen molar-refractivity contribution in [3.8, 4) is 0 Å². The molecular formula is C38H58CuN10O8. The normalized spacial score (nSPS) is 16.4. The van der Waals surface area contributed by atoms with E-state index in [1.807, 2.05) is 0 Å². The second-order valence-corrected chi connectivity index (χ2v) is 14.7. The van der Waals surface area contributed by atoms with Gasteiger partial charge in [-0.1, -0.05) is 58.0 Å². The molecule has 19 heteroatoms. The summed E-state index contributed by atoms with van der Waals surface area (Å²) in [5, 5.41) is 23.1. The molecule has 0 aliphatic carbocycles. The third-order valence-corrected chi connectivity index (χ3v) is 9.61. The Hall–Kier alpha value is -4.84. The van der Waals surface area contributed by atoms with Crippen molar-refractivity contribution >= 4 is 41.4 Å². The van der Waals surface area contributed by atoms with Crippen molar-refractivity contribution in [3.63, 3.8) is 0 Å². The van der Waals surface area contributed by atoms with E-state index >= 15 is 0 Å². The molecule has 3 rings (SSSR count). The first kappa shape index (κ1) is 48.3. The summed E-state index contributed by atoms with van der Waals surface area (Å²) in [7, 11) is 0. The van der Waals surface area contributed by atoms with Crippen LogP contribution >= 0.6 is 0 Å². The average Bonchev–Trinajstić information content (AvgIpc) is 3.87. The number of carbonyl (C=O) groups excluding carboxylic acids is 6. The van der Waals surface area contributed by atoms with Crippen molar-refractivity contribution in [1.82, 2.24) is 41.5 Å². The first-order valence-electron chi connectivity index (χ1n) is 19.1. The molecule has 6 amide bonds. The predicted molar refractivity (Wildman–Crippen MR) is 206 cm³/mol. The van der Waals surface area contributed by atoms with Crippen LogP contribution in [0.4, 0.5) is 0 Å². The summed E-state index contributed by atoms with van der Waals surface area (Å²) in [5.41, 5.74) is 12.5. The molecule has 6 atom stereocenters. The molecular weight excluding hydrogens is 788 g/mol. The van der Waals surface area contributed by atoms with Gasteiger partial charge >= 0.3 is 5.97 Å². The number of amides is 6. The van der Waals surface area contributed by atoms with Crippen LogP contribution in [0.25, 0.3) is 0 Å². The van der Waals surface area contributed by atoms with Gasteiger partial charge in [0.1, 0.15) is 36.3 Å². The summed E-state index contributed by atoms with van der Waals surface area (Å²) in [6.07, 6.45) is 5.14. The maximum absolute atomic E-state index is 14.2. The summed E-state index contributed by atoms with van der Waals surface area (Å²) in [5.74, 6) is -5.72. The van der Waals surface area contributed by atoms with Gasteiger partial charge in [0.25, 0.3) is 0 Å². The topological polar surface area (TPSA) is 284 Å². The summed E-state index contributed by atoms with van der Waals surface area (Å²) in [6, 6.07) is 2.33. The fourth-order valence-corrected chi connectivity index (χ4v) is 6.48. The van der Waals surface area contributed by atoms with Crippen LogP contribution < -0.4 is 38.1 Å². The number of nitrogens with two attached hydrogens (primary N) is 2. The fourth-order valence-electron chi connectivity index (χ4n) is 6.48. The molecule has 1 aliphatic rings. The Balaban J connectivity index is 0.0000112. The van der Waals surface area contributed by atoms with Crippen molar-refractivity contribution < 1.29 is 55.7 Å². The number of unbranched alkanes of at least 4 members (excludes halogenated alkanes) is 1. The van der Waals surface area contributed by atoms with Gasteiger partial charge in [0.05, 0.1) is 12.9 Å². The number of benzene rings is 1. The van der Waals surface area contributed by atoms with Gasteiger partial charge in [-0.3, -0.25) is 28.8 Å². The number of carboxylic acids is 1. The van der Waals surface area contributed by atoms with Crippen LogP contribution in [0, 0.1) is 11.8 Å². The Morgan fingerprint density at radius 1 is 0.825 bits per heavy atom. The minimum atomic E-state index is -1.21. The van der Waals surface area contributed by atoms with Crippen LogP contribution in [0.3, 0.4) is 0 Å². The van der Waals surface area contributed by atoms with E-state index in [4.69, 9.17) is 11.5 Å². The number of aliphatic carboxylic acids is 1. The van der Waals surface area contributed by atoms with Gasteiger partial charge in [0.2, 0.25) is 35.4 Å². The molecule has 0 unspecified atom stereocenters. The van der Waals surface area contributed by atoms with Gasteiger partial charge in [-0.2, -0.15) is 0 Å². The van der Waals surface area contributed by atoms with Gasteiger partial charge < -0.3 is 53.0 Å². The average molecular weight is 846 g/mol. The molecule has 0 bridgehead atoms. The molecule has 319 valence electrons. The molecule has 1 aliphatic heterocycles. The second kappa shape index (κ2) is 24.0. The number of rotatable bonds is 22. The van der Waals surface area contributed by atoms with E-state index in [2.05, 4.69) is 36.6 Å². The SMILES string of the molecule is CC(C)[C@H](NC(=O)[C@H](Cc1ccccc1)NC(=O)[C@@H](NC(=O)[C@@H]1CCCN1C(=O)[C@H](CCCCN)NC(=O)[C@H](Cc1cnc[nH]1)NC(=O)CN)C(C)C)C(=O)O.[Cu]. The van der Waals surface area contributed by atoms with Crippen LogP contribution in [-0.4, -0.2) is 117 Å². The summed E-state index contributed by atoms with van der Waals surface area (Å²) >= 11 is 0. The Morgan fingerprint density at radius 2 is 1.46 bits per heavy atom. The number of carbonyl (C=O) groups is 7. The van der Waals surface area contributed by atoms with E-state index in [0.717, 1.165) is 5.56 Å². The molecule has 1 aromatic heterocycles. The van der Waals surface area contributed by atoms with E-state index < -0.39 is 89.5 Å². The van der Waals surface area contributed by atoms with E-state index in [0.29, 0.717) is 37.9 Å². The Morgan fingerprint density at radius 3 is 2.04 bits per heavy atom. The number of hydrogen-bond donors (Lipinski definition) is 9. The van der Waals surface area contributed by atoms with E-state index in [1.54, 1.807) is 58.0 Å². The van der Waals surface area contributed by atoms with Crippen molar-refractivity contribution in [3.05, 3.63) is 54.1 Å². The van der Waals surface area contributed by atoms with Crippen molar-refractivity contribution in [1.29, 1.82) is 0 Å². The van der Waals surface area contributed by atoms with Crippen LogP contribution in [0.5, 0.6) is 0 Å². The molecule has 0 spiro atoms. The van der Waals surface area contributed by atoms with Crippen LogP contribution in [0.1, 0.15) is 71.1 Å². The van der Waals surface area contributed by atoms with Gasteiger partial charge in [-0.25, -0.2) is 9.78 Å². The number of imidazole rings is 1. The number of aromatic nitrogens is 2. The smallest absolute Gasteiger partial charge is 0.326 e. The van der Waals surface area contributed by atoms with Gasteiger partial charge in [-0.05, 0) is 56.0 Å². The standard InChI is InChI=1S/C38H58N10O8.Cu/c1-22(2)31(36(53)45-27(17-24-11-6-5-7-12-24)34(51)47-32(23(3)4)38(55)56)46-35(52)29-14-10-16-48(29)37(54)26(13-8-9-15-39)44-33(50)28(43-30(49)19-40)18-25-20-41-21-42-25;/h5-7,11-12,20-23,26-29,31-32H,8-10,13-19,39-40H2,1-4H3,(H,41,42)(H,43,49)(H,44,50)(H,45,53)(H,46,52)(H,47,51)(H,55,56);/t26-,27-,28-,29-,31-,32-;/m0./s1. The van der Waals surface area contributed by atoms with Crippen molar-refractivity contribution in [2.45, 2.75) is 109 Å². The minimum absolute atomic E-state index is 0. The number of likely N-dealkylation sites (tertiary alicyclic amines) is 1. The van der Waals surface area contributed by atoms with E-state index in [9.17, 15) is 38.7 Å². The van der Waals surface area contributed by atoms with E-state index in [1.165, 1.54) is 17.4 Å². The molecule has 11 N–H and O–H groups in total. The monoisotopic (exact) mass is 845 g/mol. The maximum Gasteiger partial charge on any atom is 0.326 e. The quantitative estimate of drug-likeness (QED) is 0.0517. The molecule has 1 saturated heterocycles. The summed E-state index contributed by atoms with van der Waals surface area (Å²) in [4.78, 5) is 101. The van der Waals surface area contributed by atoms with Crippen LogP contribution in [0.15, 0.2) is 42.9 Å². The minimum Gasteiger partial charge on any atom is -0.480 e. The largest absolute Gasteiger partial charge is 0.480 e. The van der Waals surface area contributed by atoms with Crippen molar-refractivity contribution in [2.24, 2.45) is 23.3 Å². The molecule has 57 heavy (non-hydrogen) atoms. The fraction of sp³-hybridized carbons (Fsp3) is 0.579. The Kier molecular flexibility index (Phi) is 20.4. The Labute approximate surface area is 343 Å². The number of nitrogens with zero attached hydrogens (tertiary/aromatic N) is 2. The van der Waals surface area contributed by atoms with Gasteiger partial charge in [0.15, 0.2) is 0 Å². The predicted octanol–water partition coefficient (Wildman–Crippen LogP) is -0.908. The number of carboxylic acid groups (broad SMARTS) is 1. The third kappa shape index (κ3) is 14.9. The summed E-state index contributed by atoms with van der Waals surface area (Å²) in [6.45, 7) is 6.99. The van der Waals surface area contributed by atoms with Crippen LogP contribution in [-0.2, 0) is 63.5 Å². The first-order valence-corrected chi connectivity index (χ1v) is 19.1. The summed E-state index contributed by atoms with van der Waals surface area (Å²) < 4.78 is 0. The zero-order valence-electron chi connectivity index (χ0n) is 32.9. The molecule has 1 fully saturated rings. The Bertz CT molecular complexity index is 1630.